The molecule has 0 aliphatic carbocycles. The Hall–Kier alpha value is -2.73. The van der Waals surface area contributed by atoms with Crippen molar-refractivity contribution in [3.05, 3.63) is 156 Å². The van der Waals surface area contributed by atoms with Gasteiger partial charge in [0.25, 0.3) is 0 Å². The molecular weight excluding hydrogens is 596 g/mol. The Balaban J connectivity index is 0.000000137. The molecule has 0 bridgehead atoms. The van der Waals surface area contributed by atoms with E-state index in [4.69, 9.17) is 0 Å². The molecule has 0 radical (unpaired) electrons. The Morgan fingerprint density at radius 3 is 1.47 bits per heavy atom. The van der Waals surface area contributed by atoms with Gasteiger partial charge in [0, 0.05) is 0 Å². The summed E-state index contributed by atoms with van der Waals surface area (Å²) in [5, 5.41) is 2.65. The Kier molecular flexibility index (Phi) is 10.3. The van der Waals surface area contributed by atoms with Crippen LogP contribution in [-0.4, -0.2) is 9.98 Å². The summed E-state index contributed by atoms with van der Waals surface area (Å²) in [6.45, 7) is 8.68. The van der Waals surface area contributed by atoms with E-state index in [0.29, 0.717) is 0 Å². The molecule has 6 rings (SSSR count). The zero-order chi connectivity index (χ0) is 26.9. The molecule has 0 nitrogen and oxygen atoms in total. The Bertz CT molecular complexity index is 1530. The monoisotopic (exact) mass is 630 g/mol. The molecule has 0 spiro atoms. The fourth-order valence-corrected chi connectivity index (χ4v) is 11.7. The van der Waals surface area contributed by atoms with E-state index >= 15 is 0 Å². The van der Waals surface area contributed by atoms with Crippen LogP contribution in [0.15, 0.2) is 133 Å². The molecule has 0 N–H and O–H groups in total. The van der Waals surface area contributed by atoms with Crippen LogP contribution in [0.2, 0.25) is 0 Å². The van der Waals surface area contributed by atoms with E-state index in [9.17, 15) is 0 Å². The van der Waals surface area contributed by atoms with Crippen LogP contribution in [0.1, 0.15) is 22.3 Å². The van der Waals surface area contributed by atoms with Crippen molar-refractivity contribution in [1.29, 1.82) is 0 Å². The molecule has 2 heteroatoms. The van der Waals surface area contributed by atoms with Gasteiger partial charge in [-0.15, -0.1) is 46.7 Å². The third kappa shape index (κ3) is 7.22. The molecule has 6 aromatic carbocycles. The summed E-state index contributed by atoms with van der Waals surface area (Å²) < 4.78 is 3.16. The zero-order valence-corrected chi connectivity index (χ0v) is 27.3. The Morgan fingerprint density at radius 1 is 0.553 bits per heavy atom. The van der Waals surface area contributed by atoms with Crippen molar-refractivity contribution in [2.24, 2.45) is 0 Å². The fraction of sp³-hybridized carbons (Fsp3) is 0.111. The first-order valence-electron chi connectivity index (χ1n) is 13.0. The SMILES string of the molecule is Cc1[cH-]c(C)c(C)c1C.[Zr+2]=[Ge]([c]1ccccc1)[c]1ccccc1.c1ccc(-c2c[cH-]c3ccccc23)cc1. The fourth-order valence-electron chi connectivity index (χ4n) is 4.53. The second-order valence-corrected chi connectivity index (χ2v) is 20.0. The number of benzene rings is 4. The minimum atomic E-state index is -1.11. The molecular formula is C36H34GeZr. The molecule has 0 heterocycles. The molecule has 0 unspecified atom stereocenters. The van der Waals surface area contributed by atoms with Crippen molar-refractivity contribution in [2.75, 3.05) is 0 Å². The summed E-state index contributed by atoms with van der Waals surface area (Å²) >= 11 is 1.71. The Labute approximate surface area is 244 Å². The van der Waals surface area contributed by atoms with Crippen LogP contribution in [0, 0.1) is 27.7 Å². The van der Waals surface area contributed by atoms with Crippen molar-refractivity contribution in [3.8, 4) is 11.1 Å². The van der Waals surface area contributed by atoms with Crippen molar-refractivity contribution in [3.63, 3.8) is 0 Å². The van der Waals surface area contributed by atoms with Crippen LogP contribution in [0.25, 0.3) is 21.9 Å². The summed E-state index contributed by atoms with van der Waals surface area (Å²) in [6, 6.07) is 47.5. The predicted molar refractivity (Wildman–Crippen MR) is 164 cm³/mol. The average molecular weight is 631 g/mol. The van der Waals surface area contributed by atoms with E-state index in [2.05, 4.69) is 161 Å². The van der Waals surface area contributed by atoms with Gasteiger partial charge in [-0.05, 0) is 0 Å². The van der Waals surface area contributed by atoms with Gasteiger partial charge >= 0.3 is 101 Å². The van der Waals surface area contributed by atoms with Crippen LogP contribution in [0.4, 0.5) is 0 Å². The third-order valence-corrected chi connectivity index (χ3v) is 18.3. The van der Waals surface area contributed by atoms with Gasteiger partial charge in [0.1, 0.15) is 0 Å². The standard InChI is InChI=1S/C15H11.C12H10Ge.C9H13.Zr/c1-2-6-12(7-3-1)15-11-10-13-8-4-5-9-14(13)15;1-3-7-11(8-4-1)13-12-9-5-2-6-10-12;1-6-5-7(2)9(4)8(6)3;/h1-11H;1-10H;5H,1-4H3;/q-1;;-1;+2. The first-order chi connectivity index (χ1) is 18.5. The maximum atomic E-state index is 2.27. The first kappa shape index (κ1) is 28.3. The van der Waals surface area contributed by atoms with Crippen LogP contribution in [0.5, 0.6) is 0 Å². The topological polar surface area (TPSA) is 0 Å². The van der Waals surface area contributed by atoms with E-state index in [0.717, 1.165) is 0 Å². The van der Waals surface area contributed by atoms with Crippen LogP contribution in [0.3, 0.4) is 0 Å². The maximum absolute atomic E-state index is 2.27. The number of hydrogen-bond donors (Lipinski definition) is 0. The predicted octanol–water partition coefficient (Wildman–Crippen LogP) is 8.20. The van der Waals surface area contributed by atoms with Crippen molar-refractivity contribution < 1.29 is 21.6 Å². The summed E-state index contributed by atoms with van der Waals surface area (Å²) in [5.41, 5.74) is 8.36. The summed E-state index contributed by atoms with van der Waals surface area (Å²) in [7, 11) is -1.11. The molecule has 0 saturated carbocycles. The zero-order valence-electron chi connectivity index (χ0n) is 22.7. The quantitative estimate of drug-likeness (QED) is 0.137. The van der Waals surface area contributed by atoms with Crippen molar-refractivity contribution in [2.45, 2.75) is 27.7 Å². The smallest absolute Gasteiger partial charge is 0.0623 e. The van der Waals surface area contributed by atoms with Gasteiger partial charge in [-0.3, -0.25) is 0 Å². The van der Waals surface area contributed by atoms with Gasteiger partial charge in [-0.1, -0.05) is 69.7 Å². The van der Waals surface area contributed by atoms with Gasteiger partial charge in [0.2, 0.25) is 0 Å². The summed E-state index contributed by atoms with van der Waals surface area (Å²) in [5.74, 6) is 0. The third-order valence-electron chi connectivity index (χ3n) is 7.07. The molecule has 0 amide bonds. The van der Waals surface area contributed by atoms with Gasteiger partial charge in [0.05, 0.1) is 0 Å². The normalized spacial score (nSPS) is 10.3. The molecule has 0 aliphatic heterocycles. The number of aryl methyl sites for hydroxylation is 2. The van der Waals surface area contributed by atoms with E-state index in [1.807, 2.05) is 0 Å². The van der Waals surface area contributed by atoms with Crippen LogP contribution >= 0.6 is 0 Å². The van der Waals surface area contributed by atoms with Gasteiger partial charge in [-0.2, -0.15) is 28.3 Å². The van der Waals surface area contributed by atoms with Crippen molar-refractivity contribution >= 4 is 29.5 Å². The average Bonchev–Trinajstić information content (AvgIpc) is 3.51. The van der Waals surface area contributed by atoms with Crippen molar-refractivity contribution in [1.82, 2.24) is 0 Å². The number of rotatable bonds is 3. The van der Waals surface area contributed by atoms with E-state index < -0.39 is 9.98 Å². The molecule has 0 aromatic heterocycles. The first-order valence-corrected chi connectivity index (χ1v) is 22.6. The molecule has 0 atom stereocenters. The number of hydrogen-bond acceptors (Lipinski definition) is 0. The van der Waals surface area contributed by atoms with Gasteiger partial charge < -0.3 is 0 Å². The molecule has 38 heavy (non-hydrogen) atoms. The summed E-state index contributed by atoms with van der Waals surface area (Å²) in [4.78, 5) is 0. The molecule has 186 valence electrons. The number of fused-ring (bicyclic) bond motifs is 1. The molecule has 0 saturated heterocycles. The largest absolute Gasteiger partial charge is 0.150 e. The van der Waals surface area contributed by atoms with Crippen LogP contribution in [-0.2, 0) is 21.6 Å². The molecule has 6 aromatic rings. The summed E-state index contributed by atoms with van der Waals surface area (Å²) in [6.07, 6.45) is 0. The van der Waals surface area contributed by atoms with E-state index in [-0.39, 0.29) is 0 Å². The van der Waals surface area contributed by atoms with Crippen LogP contribution < -0.4 is 8.79 Å². The molecule has 0 aliphatic rings. The maximum Gasteiger partial charge on any atom is -0.0623 e. The Morgan fingerprint density at radius 2 is 1.00 bits per heavy atom. The van der Waals surface area contributed by atoms with E-state index in [1.54, 1.807) is 30.4 Å². The minimum Gasteiger partial charge on any atom is -0.150 e. The minimum absolute atomic E-state index is 1.11. The molecule has 0 fully saturated rings. The van der Waals surface area contributed by atoms with E-state index in [1.165, 1.54) is 44.2 Å². The van der Waals surface area contributed by atoms with Gasteiger partial charge in [0.15, 0.2) is 0 Å². The second kappa shape index (κ2) is 13.9. The second-order valence-electron chi connectivity index (χ2n) is 9.57. The van der Waals surface area contributed by atoms with Gasteiger partial charge in [-0.25, -0.2) is 0 Å².